The van der Waals surface area contributed by atoms with Crippen LogP contribution in [-0.2, 0) is 32.2 Å². The first-order valence-electron chi connectivity index (χ1n) is 8.31. The summed E-state index contributed by atoms with van der Waals surface area (Å²) in [6, 6.07) is 19.3. The summed E-state index contributed by atoms with van der Waals surface area (Å²) in [4.78, 5) is 11.3. The van der Waals surface area contributed by atoms with E-state index < -0.39 is 18.0 Å². The van der Waals surface area contributed by atoms with E-state index in [0.29, 0.717) is 19.6 Å². The first-order valence-corrected chi connectivity index (χ1v) is 8.31. The number of aliphatic hydroxyl groups is 1. The Labute approximate surface area is 147 Å². The maximum atomic E-state index is 11.3. The molecule has 1 heterocycles. The van der Waals surface area contributed by atoms with E-state index in [1.807, 2.05) is 60.7 Å². The fourth-order valence-electron chi connectivity index (χ4n) is 2.77. The molecule has 0 amide bonds. The van der Waals surface area contributed by atoms with E-state index in [1.165, 1.54) is 0 Å². The monoisotopic (exact) mass is 342 g/mol. The van der Waals surface area contributed by atoms with Gasteiger partial charge in [-0.25, -0.2) is 0 Å². The Kier molecular flexibility index (Phi) is 5.94. The maximum Gasteiger partial charge on any atom is 0.192 e. The third-order valence-corrected chi connectivity index (χ3v) is 4.12. The van der Waals surface area contributed by atoms with Crippen molar-refractivity contribution in [2.75, 3.05) is 6.61 Å². The first kappa shape index (κ1) is 17.8. The van der Waals surface area contributed by atoms with Gasteiger partial charge in [-0.3, -0.25) is 0 Å². The van der Waals surface area contributed by atoms with Gasteiger partial charge in [-0.05, 0) is 11.1 Å². The van der Waals surface area contributed by atoms with Crippen LogP contribution in [0.5, 0.6) is 0 Å². The predicted molar refractivity (Wildman–Crippen MR) is 91.6 cm³/mol. The van der Waals surface area contributed by atoms with Gasteiger partial charge in [0.15, 0.2) is 12.1 Å². The fraction of sp³-hybridized carbons (Fsp3) is 0.350. The Bertz CT molecular complexity index is 652. The van der Waals surface area contributed by atoms with Gasteiger partial charge in [0.05, 0.1) is 19.3 Å². The molecule has 5 nitrogen and oxygen atoms in total. The number of hydrogen-bond donors (Lipinski definition) is 1. The van der Waals surface area contributed by atoms with E-state index in [9.17, 15) is 9.90 Å². The van der Waals surface area contributed by atoms with Gasteiger partial charge < -0.3 is 24.1 Å². The number of hydrogen-bond acceptors (Lipinski definition) is 5. The van der Waals surface area contributed by atoms with Gasteiger partial charge in [0, 0.05) is 6.42 Å². The molecule has 0 spiro atoms. The summed E-state index contributed by atoms with van der Waals surface area (Å²) in [5, 5.41) is 10.3. The van der Waals surface area contributed by atoms with Gasteiger partial charge in [-0.1, -0.05) is 60.7 Å². The highest BCUT2D eigenvalue weighted by Gasteiger charge is 2.48. The topological polar surface area (TPSA) is 65.0 Å². The highest BCUT2D eigenvalue weighted by molar-refractivity contribution is 5.57. The summed E-state index contributed by atoms with van der Waals surface area (Å²) < 4.78 is 16.6. The largest absolute Gasteiger partial charge is 0.371 e. The molecule has 2 aromatic carbocycles. The van der Waals surface area contributed by atoms with E-state index in [1.54, 1.807) is 0 Å². The van der Waals surface area contributed by atoms with E-state index >= 15 is 0 Å². The fourth-order valence-corrected chi connectivity index (χ4v) is 2.77. The molecule has 25 heavy (non-hydrogen) atoms. The maximum absolute atomic E-state index is 11.3. The molecule has 3 atom stereocenters. The first-order chi connectivity index (χ1) is 12.2. The van der Waals surface area contributed by atoms with Crippen LogP contribution in [0.3, 0.4) is 0 Å². The molecule has 1 saturated heterocycles. The van der Waals surface area contributed by atoms with Crippen molar-refractivity contribution < 1.29 is 24.1 Å². The lowest BCUT2D eigenvalue weighted by atomic mass is 9.97. The molecule has 132 valence electrons. The third-order valence-electron chi connectivity index (χ3n) is 4.12. The lowest BCUT2D eigenvalue weighted by molar-refractivity contribution is -0.352. The molecule has 0 aliphatic carbocycles. The molecule has 1 unspecified atom stereocenters. The number of carbonyl (C=O) groups excluding carboxylic acids is 1. The Morgan fingerprint density at radius 2 is 1.64 bits per heavy atom. The van der Waals surface area contributed by atoms with Crippen molar-refractivity contribution in [3.8, 4) is 0 Å². The van der Waals surface area contributed by atoms with Crippen molar-refractivity contribution in [3.05, 3.63) is 71.8 Å². The molecule has 3 rings (SSSR count). The standard InChI is InChI=1S/C20H22O5/c21-12-19(24-14-17-9-5-2-6-10-17)18-11-20(22,25-18)15-23-13-16-7-3-1-4-8-16/h1-10,12,18-19,22H,11,13-15H2/t18-,19?,20+/m0/s1. The van der Waals surface area contributed by atoms with Crippen molar-refractivity contribution in [1.29, 1.82) is 0 Å². The van der Waals surface area contributed by atoms with E-state index in [0.717, 1.165) is 17.4 Å². The molecule has 1 fully saturated rings. The second-order valence-electron chi connectivity index (χ2n) is 6.18. The SMILES string of the molecule is O=CC(OCc1ccccc1)[C@@H]1C[C@](O)(COCc2ccccc2)O1. The van der Waals surface area contributed by atoms with Crippen LogP contribution in [0.1, 0.15) is 17.5 Å². The molecule has 0 saturated carbocycles. The number of rotatable bonds is 9. The van der Waals surface area contributed by atoms with Crippen LogP contribution in [0.4, 0.5) is 0 Å². The molecule has 2 aromatic rings. The summed E-state index contributed by atoms with van der Waals surface area (Å²) in [7, 11) is 0. The molecular weight excluding hydrogens is 320 g/mol. The zero-order chi connectivity index (χ0) is 17.5. The van der Waals surface area contributed by atoms with Crippen LogP contribution in [-0.4, -0.2) is 36.0 Å². The number of ether oxygens (including phenoxy) is 3. The van der Waals surface area contributed by atoms with Gasteiger partial charge in [0.25, 0.3) is 0 Å². The van der Waals surface area contributed by atoms with Crippen molar-refractivity contribution >= 4 is 6.29 Å². The number of carbonyl (C=O) groups is 1. The lowest BCUT2D eigenvalue weighted by Crippen LogP contribution is -2.58. The van der Waals surface area contributed by atoms with E-state index in [-0.39, 0.29) is 6.61 Å². The van der Waals surface area contributed by atoms with Crippen molar-refractivity contribution in [1.82, 2.24) is 0 Å². The smallest absolute Gasteiger partial charge is 0.192 e. The van der Waals surface area contributed by atoms with Crippen LogP contribution < -0.4 is 0 Å². The Balaban J connectivity index is 1.40. The van der Waals surface area contributed by atoms with Crippen LogP contribution in [0.15, 0.2) is 60.7 Å². The molecule has 0 bridgehead atoms. The molecule has 1 N–H and O–H groups in total. The third kappa shape index (κ3) is 4.96. The minimum Gasteiger partial charge on any atom is -0.371 e. The highest BCUT2D eigenvalue weighted by atomic mass is 16.7. The van der Waals surface area contributed by atoms with Crippen molar-refractivity contribution in [3.63, 3.8) is 0 Å². The number of benzene rings is 2. The zero-order valence-corrected chi connectivity index (χ0v) is 13.9. The van der Waals surface area contributed by atoms with Crippen LogP contribution >= 0.6 is 0 Å². The van der Waals surface area contributed by atoms with E-state index in [4.69, 9.17) is 14.2 Å². The summed E-state index contributed by atoms with van der Waals surface area (Å²) in [6.07, 6.45) is -0.126. The highest BCUT2D eigenvalue weighted by Crippen LogP contribution is 2.33. The second-order valence-corrected chi connectivity index (χ2v) is 6.18. The Morgan fingerprint density at radius 3 is 2.20 bits per heavy atom. The summed E-state index contributed by atoms with van der Waals surface area (Å²) in [5.41, 5.74) is 2.01. The molecule has 0 radical (unpaired) electrons. The Morgan fingerprint density at radius 1 is 1.08 bits per heavy atom. The average molecular weight is 342 g/mol. The number of aldehydes is 1. The average Bonchev–Trinajstić information content (AvgIpc) is 2.62. The summed E-state index contributed by atoms with van der Waals surface area (Å²) >= 11 is 0. The lowest BCUT2D eigenvalue weighted by Gasteiger charge is -2.45. The molecule has 1 aliphatic heterocycles. The van der Waals surface area contributed by atoms with Crippen LogP contribution in [0.25, 0.3) is 0 Å². The quantitative estimate of drug-likeness (QED) is 0.709. The predicted octanol–water partition coefficient (Wildman–Crippen LogP) is 2.47. The minimum absolute atomic E-state index is 0.0582. The second kappa shape index (κ2) is 8.36. The van der Waals surface area contributed by atoms with Crippen molar-refractivity contribution in [2.45, 2.75) is 37.6 Å². The molecule has 1 aliphatic rings. The van der Waals surface area contributed by atoms with Crippen molar-refractivity contribution in [2.24, 2.45) is 0 Å². The summed E-state index contributed by atoms with van der Waals surface area (Å²) in [6.45, 7) is 0.786. The van der Waals surface area contributed by atoms with Gasteiger partial charge in [-0.2, -0.15) is 0 Å². The molecular formula is C20H22O5. The minimum atomic E-state index is -1.35. The normalized spacial score (nSPS) is 23.6. The van der Waals surface area contributed by atoms with Gasteiger partial charge in [0.2, 0.25) is 0 Å². The van der Waals surface area contributed by atoms with Crippen LogP contribution in [0, 0.1) is 0 Å². The molecule has 0 aromatic heterocycles. The van der Waals surface area contributed by atoms with Gasteiger partial charge >= 0.3 is 0 Å². The molecule has 5 heteroatoms. The van der Waals surface area contributed by atoms with E-state index in [2.05, 4.69) is 0 Å². The van der Waals surface area contributed by atoms with Crippen LogP contribution in [0.2, 0.25) is 0 Å². The Hall–Kier alpha value is -2.05. The van der Waals surface area contributed by atoms with Gasteiger partial charge in [0.1, 0.15) is 12.7 Å². The zero-order valence-electron chi connectivity index (χ0n) is 13.9. The van der Waals surface area contributed by atoms with Gasteiger partial charge in [-0.15, -0.1) is 0 Å². The summed E-state index contributed by atoms with van der Waals surface area (Å²) in [5.74, 6) is -1.35.